The van der Waals surface area contributed by atoms with Crippen molar-refractivity contribution in [3.63, 3.8) is 0 Å². The topological polar surface area (TPSA) is 0 Å². The van der Waals surface area contributed by atoms with Crippen molar-refractivity contribution in [1.29, 1.82) is 0 Å². The molecule has 10 aromatic rings. The zero-order valence-corrected chi connectivity index (χ0v) is 27.5. The summed E-state index contributed by atoms with van der Waals surface area (Å²) in [5.41, 5.74) is 9.98. The number of rotatable bonds is 4. The van der Waals surface area contributed by atoms with Gasteiger partial charge in [0.2, 0.25) is 0 Å². The van der Waals surface area contributed by atoms with Crippen LogP contribution in [0.4, 0.5) is 0 Å². The van der Waals surface area contributed by atoms with E-state index in [4.69, 9.17) is 0 Å². The molecule has 0 saturated heterocycles. The lowest BCUT2D eigenvalue weighted by Gasteiger charge is -2.16. The standard InChI is InChI=1S/C50H32/c1-3-13-41-34(10-1)12-9-19-42(41)40-27-26-37-30-36(24-25-38(37)31-40)33-20-22-35(23-21-33)44-28-29-49(47-17-7-5-16-46(44)47)50-32-39-11-2-4-14-43(39)45-15-6-8-18-48(45)50/h1-32H. The number of fused-ring (bicyclic) bond motifs is 6. The Labute approximate surface area is 291 Å². The molecule has 0 spiro atoms. The maximum Gasteiger partial charge on any atom is -0.00928 e. The van der Waals surface area contributed by atoms with Crippen molar-refractivity contribution in [2.45, 2.75) is 0 Å². The summed E-state index contributed by atoms with van der Waals surface area (Å²) in [4.78, 5) is 0. The lowest BCUT2D eigenvalue weighted by atomic mass is 9.88. The Hall–Kier alpha value is -6.50. The zero-order chi connectivity index (χ0) is 33.0. The van der Waals surface area contributed by atoms with Gasteiger partial charge in [-0.1, -0.05) is 176 Å². The van der Waals surface area contributed by atoms with Gasteiger partial charge in [0.05, 0.1) is 0 Å². The summed E-state index contributed by atoms with van der Waals surface area (Å²) in [6.07, 6.45) is 0. The predicted octanol–water partition coefficient (Wildman–Crippen LogP) is 14.1. The van der Waals surface area contributed by atoms with Gasteiger partial charge in [-0.25, -0.2) is 0 Å². The van der Waals surface area contributed by atoms with Crippen molar-refractivity contribution in [2.75, 3.05) is 0 Å². The third kappa shape index (κ3) is 4.69. The van der Waals surface area contributed by atoms with Crippen LogP contribution in [0.2, 0.25) is 0 Å². The molecule has 0 radical (unpaired) electrons. The average Bonchev–Trinajstić information content (AvgIpc) is 3.19. The Morgan fingerprint density at radius 1 is 0.180 bits per heavy atom. The third-order valence-corrected chi connectivity index (χ3v) is 10.5. The van der Waals surface area contributed by atoms with Gasteiger partial charge in [-0.3, -0.25) is 0 Å². The van der Waals surface area contributed by atoms with Crippen LogP contribution in [0.15, 0.2) is 194 Å². The molecule has 0 amide bonds. The second kappa shape index (κ2) is 11.6. The predicted molar refractivity (Wildman–Crippen MR) is 216 cm³/mol. The van der Waals surface area contributed by atoms with Gasteiger partial charge in [-0.05, 0) is 117 Å². The Balaban J connectivity index is 1.01. The van der Waals surface area contributed by atoms with Gasteiger partial charge in [0, 0.05) is 0 Å². The summed E-state index contributed by atoms with van der Waals surface area (Å²) in [5, 5.41) is 12.7. The molecule has 0 heteroatoms. The third-order valence-electron chi connectivity index (χ3n) is 10.5. The molecule has 0 aliphatic heterocycles. The fourth-order valence-corrected chi connectivity index (χ4v) is 7.97. The molecule has 0 N–H and O–H groups in total. The first-order valence-corrected chi connectivity index (χ1v) is 17.3. The van der Waals surface area contributed by atoms with E-state index < -0.39 is 0 Å². The van der Waals surface area contributed by atoms with E-state index in [0.29, 0.717) is 0 Å². The molecule has 0 aromatic heterocycles. The first kappa shape index (κ1) is 28.5. The molecule has 0 aliphatic rings. The Kier molecular flexibility index (Phi) is 6.60. The molecule has 0 heterocycles. The van der Waals surface area contributed by atoms with Crippen molar-refractivity contribution in [3.05, 3.63) is 194 Å². The summed E-state index contributed by atoms with van der Waals surface area (Å²) in [5.74, 6) is 0. The average molecular weight is 633 g/mol. The number of hydrogen-bond donors (Lipinski definition) is 0. The first-order valence-electron chi connectivity index (χ1n) is 17.3. The van der Waals surface area contributed by atoms with Crippen LogP contribution in [0, 0.1) is 0 Å². The summed E-state index contributed by atoms with van der Waals surface area (Å²) in [7, 11) is 0. The van der Waals surface area contributed by atoms with Gasteiger partial charge in [0.15, 0.2) is 0 Å². The van der Waals surface area contributed by atoms with E-state index in [1.807, 2.05) is 0 Å². The van der Waals surface area contributed by atoms with Gasteiger partial charge in [-0.2, -0.15) is 0 Å². The van der Waals surface area contributed by atoms with Crippen LogP contribution in [0.25, 0.3) is 98.4 Å². The lowest BCUT2D eigenvalue weighted by molar-refractivity contribution is 1.61. The van der Waals surface area contributed by atoms with E-state index in [2.05, 4.69) is 194 Å². The highest BCUT2D eigenvalue weighted by molar-refractivity contribution is 6.17. The molecule has 0 fully saturated rings. The monoisotopic (exact) mass is 632 g/mol. The summed E-state index contributed by atoms with van der Waals surface area (Å²) >= 11 is 0. The van der Waals surface area contributed by atoms with Crippen molar-refractivity contribution in [3.8, 4) is 44.5 Å². The molecule has 10 aromatic carbocycles. The van der Waals surface area contributed by atoms with Crippen LogP contribution < -0.4 is 0 Å². The van der Waals surface area contributed by atoms with Crippen LogP contribution in [-0.4, -0.2) is 0 Å². The second-order valence-corrected chi connectivity index (χ2v) is 13.3. The highest BCUT2D eigenvalue weighted by atomic mass is 14.2. The van der Waals surface area contributed by atoms with Crippen molar-refractivity contribution < 1.29 is 0 Å². The molecule has 0 atom stereocenters. The van der Waals surface area contributed by atoms with Gasteiger partial charge in [0.25, 0.3) is 0 Å². The van der Waals surface area contributed by atoms with Gasteiger partial charge in [-0.15, -0.1) is 0 Å². The van der Waals surface area contributed by atoms with Crippen molar-refractivity contribution >= 4 is 53.9 Å². The van der Waals surface area contributed by atoms with E-state index in [1.54, 1.807) is 0 Å². The molecule has 0 aliphatic carbocycles. The van der Waals surface area contributed by atoms with E-state index in [0.717, 1.165) is 0 Å². The fraction of sp³-hybridized carbons (Fsp3) is 0. The lowest BCUT2D eigenvalue weighted by Crippen LogP contribution is -1.89. The maximum absolute atomic E-state index is 2.36. The highest BCUT2D eigenvalue weighted by Gasteiger charge is 2.14. The fourth-order valence-electron chi connectivity index (χ4n) is 7.97. The van der Waals surface area contributed by atoms with Crippen molar-refractivity contribution in [1.82, 2.24) is 0 Å². The van der Waals surface area contributed by atoms with Gasteiger partial charge in [0.1, 0.15) is 0 Å². The largest absolute Gasteiger partial charge is 0.0616 e. The summed E-state index contributed by atoms with van der Waals surface area (Å²) in [6.45, 7) is 0. The van der Waals surface area contributed by atoms with Crippen LogP contribution in [-0.2, 0) is 0 Å². The summed E-state index contributed by atoms with van der Waals surface area (Å²) < 4.78 is 0. The molecule has 0 nitrogen and oxygen atoms in total. The molecule has 50 heavy (non-hydrogen) atoms. The molecule has 10 rings (SSSR count). The smallest absolute Gasteiger partial charge is 0.00928 e. The van der Waals surface area contributed by atoms with Gasteiger partial charge >= 0.3 is 0 Å². The van der Waals surface area contributed by atoms with E-state index in [9.17, 15) is 0 Å². The molecular formula is C50H32. The van der Waals surface area contributed by atoms with Gasteiger partial charge < -0.3 is 0 Å². The van der Waals surface area contributed by atoms with E-state index in [1.165, 1.54) is 98.4 Å². The second-order valence-electron chi connectivity index (χ2n) is 13.3. The molecule has 232 valence electrons. The molecule has 0 bridgehead atoms. The quantitative estimate of drug-likeness (QED) is 0.169. The molecular weight excluding hydrogens is 601 g/mol. The Morgan fingerprint density at radius 2 is 0.660 bits per heavy atom. The highest BCUT2D eigenvalue weighted by Crippen LogP contribution is 2.41. The summed E-state index contributed by atoms with van der Waals surface area (Å²) in [6, 6.07) is 71.3. The van der Waals surface area contributed by atoms with E-state index in [-0.39, 0.29) is 0 Å². The normalized spacial score (nSPS) is 11.6. The maximum atomic E-state index is 2.36. The van der Waals surface area contributed by atoms with Crippen molar-refractivity contribution in [2.24, 2.45) is 0 Å². The minimum absolute atomic E-state index is 1.22. The first-order chi connectivity index (χ1) is 24.8. The SMILES string of the molecule is c1ccc2c(-c3ccc4cc(-c5ccc(-c6ccc(-c7cc8ccccc8c8ccccc78)c7ccccc67)cc5)ccc4c3)cccc2c1. The number of hydrogen-bond acceptors (Lipinski definition) is 0. The molecule has 0 unspecified atom stereocenters. The van der Waals surface area contributed by atoms with Crippen LogP contribution in [0.5, 0.6) is 0 Å². The zero-order valence-electron chi connectivity index (χ0n) is 27.5. The van der Waals surface area contributed by atoms with Crippen LogP contribution in [0.1, 0.15) is 0 Å². The minimum atomic E-state index is 1.22. The molecule has 0 saturated carbocycles. The van der Waals surface area contributed by atoms with E-state index >= 15 is 0 Å². The van der Waals surface area contributed by atoms with Crippen LogP contribution in [0.3, 0.4) is 0 Å². The number of benzene rings is 10. The van der Waals surface area contributed by atoms with Crippen LogP contribution >= 0.6 is 0 Å². The minimum Gasteiger partial charge on any atom is -0.0616 e. The Morgan fingerprint density at radius 3 is 1.42 bits per heavy atom. The Bertz CT molecular complexity index is 2900.